The Labute approximate surface area is 260 Å². The molecule has 12 nitrogen and oxygen atoms in total. The van der Waals surface area contributed by atoms with Crippen molar-refractivity contribution in [2.75, 3.05) is 70.4 Å². The van der Waals surface area contributed by atoms with Crippen molar-refractivity contribution in [1.82, 2.24) is 9.80 Å². The van der Waals surface area contributed by atoms with Crippen LogP contribution in [0, 0.1) is 10.7 Å². The SMILES string of the molecule is CN(C(=O)CCl)c1c(I)c(C(=O)N(CCO)CC(O)CO)c(I)c(C(=O)N(CCO)CC(O)CO)c1I. The van der Waals surface area contributed by atoms with Crippen molar-refractivity contribution in [3.63, 3.8) is 0 Å². The van der Waals surface area contributed by atoms with Crippen molar-refractivity contribution in [3.05, 3.63) is 21.8 Å². The van der Waals surface area contributed by atoms with E-state index in [9.17, 15) is 45.0 Å². The van der Waals surface area contributed by atoms with Gasteiger partial charge in [-0.25, -0.2) is 0 Å². The molecular weight excluding hydrogens is 854 g/mol. The predicted octanol–water partition coefficient (Wildman–Crippen LogP) is -0.723. The second kappa shape index (κ2) is 16.9. The molecule has 0 saturated carbocycles. The maximum Gasteiger partial charge on any atom is 0.256 e. The summed E-state index contributed by atoms with van der Waals surface area (Å²) in [6, 6.07) is 0. The van der Waals surface area contributed by atoms with E-state index in [1.165, 1.54) is 11.9 Å². The first-order valence-corrected chi connectivity index (χ1v) is 14.6. The number of aliphatic hydroxyl groups is 6. The van der Waals surface area contributed by atoms with Crippen LogP contribution in [0.1, 0.15) is 20.7 Å². The van der Waals surface area contributed by atoms with Crippen LogP contribution in [0.15, 0.2) is 0 Å². The molecule has 0 fully saturated rings. The van der Waals surface area contributed by atoms with Crippen molar-refractivity contribution in [1.29, 1.82) is 0 Å². The van der Waals surface area contributed by atoms with Gasteiger partial charge in [-0.15, -0.1) is 11.6 Å². The summed E-state index contributed by atoms with van der Waals surface area (Å²) in [5.41, 5.74) is 0.246. The zero-order valence-corrected chi connectivity index (χ0v) is 27.0. The van der Waals surface area contributed by atoms with Crippen LogP contribution in [0.25, 0.3) is 0 Å². The van der Waals surface area contributed by atoms with Gasteiger partial charge in [0.2, 0.25) is 5.91 Å². The van der Waals surface area contributed by atoms with E-state index in [0.717, 1.165) is 9.80 Å². The minimum Gasteiger partial charge on any atom is -0.395 e. The fraction of sp³-hybridized carbons (Fsp3) is 0.571. The standard InChI is InChI=1S/C21H29ClI3N3O9/c1-26(13(35)6-22)19-17(24)14(20(36)27(2-4-29)7-11(33)9-31)16(23)15(18(19)25)21(37)28(3-5-30)8-12(34)10-32/h11-12,29-34H,2-10H2,1H3. The summed E-state index contributed by atoms with van der Waals surface area (Å²) in [5, 5.41) is 57.4. The van der Waals surface area contributed by atoms with Gasteiger partial charge >= 0.3 is 0 Å². The van der Waals surface area contributed by atoms with E-state index in [1.54, 1.807) is 0 Å². The highest BCUT2D eigenvalue weighted by Gasteiger charge is 2.34. The summed E-state index contributed by atoms with van der Waals surface area (Å²) < 4.78 is 0.804. The average molecular weight is 884 g/mol. The number of aliphatic hydroxyl groups excluding tert-OH is 6. The number of rotatable bonds is 14. The van der Waals surface area contributed by atoms with E-state index in [1.807, 2.05) is 67.8 Å². The summed E-state index contributed by atoms with van der Waals surface area (Å²) in [6.07, 6.45) is -2.56. The molecule has 0 saturated heterocycles. The molecular formula is C21H29ClI3N3O9. The van der Waals surface area contributed by atoms with Gasteiger partial charge < -0.3 is 45.3 Å². The maximum absolute atomic E-state index is 13.7. The van der Waals surface area contributed by atoms with Crippen molar-refractivity contribution in [2.24, 2.45) is 0 Å². The van der Waals surface area contributed by atoms with Gasteiger partial charge in [0.1, 0.15) is 5.88 Å². The molecule has 0 aromatic heterocycles. The third kappa shape index (κ3) is 8.93. The molecule has 37 heavy (non-hydrogen) atoms. The molecule has 2 atom stereocenters. The maximum atomic E-state index is 13.7. The highest BCUT2D eigenvalue weighted by Crippen LogP contribution is 2.39. The van der Waals surface area contributed by atoms with Gasteiger partial charge in [-0.05, 0) is 67.8 Å². The van der Waals surface area contributed by atoms with E-state index in [-0.39, 0.29) is 52.4 Å². The lowest BCUT2D eigenvalue weighted by molar-refractivity contribution is -0.116. The molecule has 1 aromatic carbocycles. The summed E-state index contributed by atoms with van der Waals surface area (Å²) in [7, 11) is 1.43. The molecule has 0 radical (unpaired) electrons. The van der Waals surface area contributed by atoms with Crippen LogP contribution >= 0.6 is 79.4 Å². The highest BCUT2D eigenvalue weighted by atomic mass is 127. The molecule has 0 spiro atoms. The van der Waals surface area contributed by atoms with E-state index in [0.29, 0.717) is 7.14 Å². The van der Waals surface area contributed by atoms with Gasteiger partial charge in [-0.3, -0.25) is 14.4 Å². The molecule has 0 aliphatic rings. The fourth-order valence-electron chi connectivity index (χ4n) is 3.27. The van der Waals surface area contributed by atoms with Gasteiger partial charge in [-0.2, -0.15) is 0 Å². The zero-order chi connectivity index (χ0) is 28.4. The van der Waals surface area contributed by atoms with Crippen molar-refractivity contribution < 1.29 is 45.0 Å². The molecule has 0 aliphatic heterocycles. The van der Waals surface area contributed by atoms with Crippen LogP contribution in [0.3, 0.4) is 0 Å². The molecule has 1 aromatic rings. The Hall–Kier alpha value is -0.130. The number of nitrogens with zero attached hydrogens (tertiary/aromatic N) is 3. The Balaban J connectivity index is 3.93. The van der Waals surface area contributed by atoms with E-state index >= 15 is 0 Å². The second-order valence-electron chi connectivity index (χ2n) is 7.75. The zero-order valence-electron chi connectivity index (χ0n) is 19.8. The first-order valence-electron chi connectivity index (χ1n) is 10.8. The van der Waals surface area contributed by atoms with E-state index in [2.05, 4.69) is 0 Å². The molecule has 0 aliphatic carbocycles. The quantitative estimate of drug-likeness (QED) is 0.104. The number of carbonyl (C=O) groups excluding carboxylic acids is 3. The van der Waals surface area contributed by atoms with Crippen LogP contribution in [0.2, 0.25) is 0 Å². The minimum atomic E-state index is -1.28. The lowest BCUT2D eigenvalue weighted by atomic mass is 10.0. The summed E-state index contributed by atoms with van der Waals surface area (Å²) in [5.74, 6) is -2.23. The Kier molecular flexibility index (Phi) is 15.9. The Morgan fingerprint density at radius 3 is 1.46 bits per heavy atom. The lowest BCUT2D eigenvalue weighted by Crippen LogP contribution is -2.43. The molecule has 16 heteroatoms. The number of alkyl halides is 1. The fourth-order valence-corrected chi connectivity index (χ4v) is 8.26. The van der Waals surface area contributed by atoms with Gasteiger partial charge in [0, 0.05) is 36.8 Å². The molecule has 1 rings (SSSR count). The van der Waals surface area contributed by atoms with Crippen molar-refractivity contribution in [2.45, 2.75) is 12.2 Å². The number of carbonyl (C=O) groups is 3. The molecule has 0 heterocycles. The summed E-state index contributed by atoms with van der Waals surface area (Å²) in [6.45, 7) is -3.08. The van der Waals surface area contributed by atoms with Crippen molar-refractivity contribution in [3.8, 4) is 0 Å². The number of anilines is 1. The largest absolute Gasteiger partial charge is 0.395 e. The second-order valence-corrected chi connectivity index (χ2v) is 11.3. The van der Waals surface area contributed by atoms with Gasteiger partial charge in [0.15, 0.2) is 0 Å². The molecule has 6 N–H and O–H groups in total. The predicted molar refractivity (Wildman–Crippen MR) is 161 cm³/mol. The smallest absolute Gasteiger partial charge is 0.256 e. The monoisotopic (exact) mass is 883 g/mol. The average Bonchev–Trinajstić information content (AvgIpc) is 2.86. The van der Waals surface area contributed by atoms with Crippen LogP contribution < -0.4 is 4.90 Å². The third-order valence-electron chi connectivity index (χ3n) is 5.14. The number of amides is 3. The van der Waals surface area contributed by atoms with Crippen LogP contribution in [0.5, 0.6) is 0 Å². The Bertz CT molecular complexity index is 912. The Morgan fingerprint density at radius 1 is 0.784 bits per heavy atom. The van der Waals surface area contributed by atoms with Gasteiger partial charge in [0.05, 0.1) is 62.6 Å². The van der Waals surface area contributed by atoms with E-state index in [4.69, 9.17) is 11.6 Å². The first-order chi connectivity index (χ1) is 17.4. The summed E-state index contributed by atoms with van der Waals surface area (Å²) >= 11 is 11.3. The Morgan fingerprint density at radius 2 is 1.16 bits per heavy atom. The third-order valence-corrected chi connectivity index (χ3v) is 8.55. The van der Waals surface area contributed by atoms with Gasteiger partial charge in [0.25, 0.3) is 11.8 Å². The minimum absolute atomic E-state index is 0.0134. The summed E-state index contributed by atoms with van der Waals surface area (Å²) in [4.78, 5) is 43.3. The van der Waals surface area contributed by atoms with Crippen molar-refractivity contribution >= 4 is 103 Å². The van der Waals surface area contributed by atoms with Crippen LogP contribution in [-0.2, 0) is 4.79 Å². The highest BCUT2D eigenvalue weighted by molar-refractivity contribution is 14.1. The number of halogens is 4. The number of benzene rings is 1. The van der Waals surface area contributed by atoms with Crippen LogP contribution in [-0.4, -0.2) is 136 Å². The first kappa shape index (κ1) is 34.9. The number of hydrogen-bond donors (Lipinski definition) is 6. The number of hydrogen-bond acceptors (Lipinski definition) is 9. The van der Waals surface area contributed by atoms with Gasteiger partial charge in [-0.1, -0.05) is 0 Å². The normalized spacial score (nSPS) is 12.7. The lowest BCUT2D eigenvalue weighted by Gasteiger charge is -2.30. The van der Waals surface area contributed by atoms with E-state index < -0.39 is 56.4 Å². The topological polar surface area (TPSA) is 182 Å². The molecule has 3 amide bonds. The van der Waals surface area contributed by atoms with Crippen LogP contribution in [0.4, 0.5) is 5.69 Å². The molecule has 2 unspecified atom stereocenters. The molecule has 0 bridgehead atoms. The molecule has 210 valence electrons.